The zero-order valence-electron chi connectivity index (χ0n) is 18.4. The molecular weight excluding hydrogens is 452 g/mol. The fraction of sp³-hybridized carbons (Fsp3) is 0.423. The number of hydrogen-bond acceptors (Lipinski definition) is 3. The summed E-state index contributed by atoms with van der Waals surface area (Å²) in [5.41, 5.74) is 3.28. The molecule has 4 rings (SSSR count). The van der Waals surface area contributed by atoms with Gasteiger partial charge in [-0.1, -0.05) is 67.4 Å². The van der Waals surface area contributed by atoms with E-state index < -0.39 is 12.0 Å². The van der Waals surface area contributed by atoms with Crippen LogP contribution in [0.5, 0.6) is 0 Å². The molecule has 1 aliphatic heterocycles. The highest BCUT2D eigenvalue weighted by Crippen LogP contribution is 2.48. The number of carbonyl (C=O) groups is 2. The molecule has 2 aromatic rings. The topological polar surface area (TPSA) is 49.7 Å². The Morgan fingerprint density at radius 3 is 2.68 bits per heavy atom. The number of hydrogen-bond donors (Lipinski definition) is 0. The van der Waals surface area contributed by atoms with Crippen molar-refractivity contribution in [3.8, 4) is 0 Å². The Bertz CT molecular complexity index is 1040. The van der Waals surface area contributed by atoms with Crippen LogP contribution >= 0.6 is 15.9 Å². The summed E-state index contributed by atoms with van der Waals surface area (Å²) in [4.78, 5) is 34.0. The lowest BCUT2D eigenvalue weighted by atomic mass is 9.68. The van der Waals surface area contributed by atoms with Crippen LogP contribution in [0, 0.1) is 11.3 Å². The van der Waals surface area contributed by atoms with Crippen molar-refractivity contribution in [2.75, 3.05) is 4.90 Å². The third kappa shape index (κ3) is 4.38. The van der Waals surface area contributed by atoms with E-state index in [1.165, 1.54) is 0 Å². The maximum Gasteiger partial charge on any atom is 0.227 e. The minimum atomic E-state index is -0.430. The molecule has 162 valence electrons. The SMILES string of the molecule is CCCCC(=O)N1c2ccccc2N=C2CC(C)(C)CC(=O)[C@H]2[C@@H]1c1cccc(Br)c1. The first-order chi connectivity index (χ1) is 14.8. The van der Waals surface area contributed by atoms with Gasteiger partial charge in [0, 0.05) is 23.0 Å². The first-order valence-electron chi connectivity index (χ1n) is 11.1. The maximum atomic E-state index is 13.6. The lowest BCUT2D eigenvalue weighted by Gasteiger charge is -2.41. The van der Waals surface area contributed by atoms with Crippen LogP contribution < -0.4 is 4.90 Å². The van der Waals surface area contributed by atoms with E-state index in [0.29, 0.717) is 12.8 Å². The molecule has 31 heavy (non-hydrogen) atoms. The second-order valence-electron chi connectivity index (χ2n) is 9.42. The molecule has 4 nitrogen and oxygen atoms in total. The molecule has 1 fully saturated rings. The Morgan fingerprint density at radius 1 is 1.16 bits per heavy atom. The second-order valence-corrected chi connectivity index (χ2v) is 10.3. The number of fused-ring (bicyclic) bond motifs is 2. The molecule has 2 aromatic carbocycles. The first kappa shape index (κ1) is 21.9. The van der Waals surface area contributed by atoms with E-state index in [1.54, 1.807) is 0 Å². The van der Waals surface area contributed by atoms with Crippen molar-refractivity contribution >= 4 is 44.7 Å². The Balaban J connectivity index is 1.95. The monoisotopic (exact) mass is 480 g/mol. The fourth-order valence-electron chi connectivity index (χ4n) is 4.88. The van der Waals surface area contributed by atoms with Gasteiger partial charge in [-0.15, -0.1) is 0 Å². The minimum Gasteiger partial charge on any atom is -0.302 e. The standard InChI is InChI=1S/C26H29BrN2O2/c1-4-5-13-23(31)29-21-12-7-6-11-19(21)28-20-15-26(2,3)16-22(30)24(20)25(29)17-9-8-10-18(27)14-17/h6-12,14,24-25H,4-5,13,15-16H2,1-3H3/t24-,25-/m0/s1. The van der Waals surface area contributed by atoms with Crippen LogP contribution in [-0.4, -0.2) is 17.4 Å². The van der Waals surface area contributed by atoms with Gasteiger partial charge in [0.1, 0.15) is 5.78 Å². The molecule has 1 aliphatic carbocycles. The van der Waals surface area contributed by atoms with Crippen LogP contribution in [-0.2, 0) is 9.59 Å². The molecule has 1 amide bonds. The average Bonchev–Trinajstić information content (AvgIpc) is 2.85. The number of Topliss-reactive ketones (excluding diaryl/α,β-unsaturated/α-hetero) is 1. The van der Waals surface area contributed by atoms with Crippen LogP contribution in [0.1, 0.15) is 64.5 Å². The van der Waals surface area contributed by atoms with Crippen molar-refractivity contribution in [1.29, 1.82) is 0 Å². The molecule has 0 unspecified atom stereocenters. The second kappa shape index (κ2) is 8.70. The van der Waals surface area contributed by atoms with E-state index in [2.05, 4.69) is 36.7 Å². The number of amides is 1. The summed E-state index contributed by atoms with van der Waals surface area (Å²) in [5, 5.41) is 0. The molecular formula is C26H29BrN2O2. The van der Waals surface area contributed by atoms with Crippen molar-refractivity contribution in [3.63, 3.8) is 0 Å². The van der Waals surface area contributed by atoms with Crippen molar-refractivity contribution in [3.05, 3.63) is 58.6 Å². The summed E-state index contributed by atoms with van der Waals surface area (Å²) >= 11 is 3.58. The van der Waals surface area contributed by atoms with Gasteiger partial charge in [-0.3, -0.25) is 14.6 Å². The third-order valence-corrected chi connectivity index (χ3v) is 6.71. The predicted octanol–water partition coefficient (Wildman–Crippen LogP) is 6.81. The number of benzene rings is 2. The highest BCUT2D eigenvalue weighted by atomic mass is 79.9. The number of ketones is 1. The van der Waals surface area contributed by atoms with Crippen LogP contribution in [0.15, 0.2) is 58.0 Å². The summed E-state index contributed by atoms with van der Waals surface area (Å²) in [5.74, 6) is -0.213. The lowest BCUT2D eigenvalue weighted by molar-refractivity contribution is -0.125. The van der Waals surface area contributed by atoms with E-state index in [0.717, 1.165) is 46.4 Å². The van der Waals surface area contributed by atoms with Crippen molar-refractivity contribution < 1.29 is 9.59 Å². The number of anilines is 1. The summed E-state index contributed by atoms with van der Waals surface area (Å²) in [6.07, 6.45) is 3.47. The molecule has 2 atom stereocenters. The Labute approximate surface area is 192 Å². The smallest absolute Gasteiger partial charge is 0.227 e. The maximum absolute atomic E-state index is 13.6. The number of aliphatic imine (C=N–C) groups is 1. The summed E-state index contributed by atoms with van der Waals surface area (Å²) < 4.78 is 0.936. The summed E-state index contributed by atoms with van der Waals surface area (Å²) in [6, 6.07) is 15.4. The number of halogens is 1. The van der Waals surface area contributed by atoms with Crippen LogP contribution in [0.4, 0.5) is 11.4 Å². The van der Waals surface area contributed by atoms with E-state index >= 15 is 0 Å². The Morgan fingerprint density at radius 2 is 1.94 bits per heavy atom. The minimum absolute atomic E-state index is 0.0494. The average molecular weight is 481 g/mol. The molecule has 0 spiro atoms. The van der Waals surface area contributed by atoms with Gasteiger partial charge in [0.05, 0.1) is 23.3 Å². The highest BCUT2D eigenvalue weighted by Gasteiger charge is 2.47. The molecule has 0 aromatic heterocycles. The molecule has 0 bridgehead atoms. The summed E-state index contributed by atoms with van der Waals surface area (Å²) in [6.45, 7) is 6.33. The quantitative estimate of drug-likeness (QED) is 0.482. The van der Waals surface area contributed by atoms with Crippen molar-refractivity contribution in [2.24, 2.45) is 16.3 Å². The molecule has 1 saturated carbocycles. The van der Waals surface area contributed by atoms with Gasteiger partial charge in [0.15, 0.2) is 0 Å². The largest absolute Gasteiger partial charge is 0.302 e. The molecule has 5 heteroatoms. The summed E-state index contributed by atoms with van der Waals surface area (Å²) in [7, 11) is 0. The van der Waals surface area contributed by atoms with Crippen molar-refractivity contribution in [1.82, 2.24) is 0 Å². The molecule has 0 radical (unpaired) electrons. The van der Waals surface area contributed by atoms with E-state index in [-0.39, 0.29) is 17.1 Å². The van der Waals surface area contributed by atoms with Crippen molar-refractivity contribution in [2.45, 2.75) is 58.9 Å². The van der Waals surface area contributed by atoms with Gasteiger partial charge in [-0.25, -0.2) is 0 Å². The zero-order valence-corrected chi connectivity index (χ0v) is 20.0. The van der Waals surface area contributed by atoms with Crippen LogP contribution in [0.25, 0.3) is 0 Å². The number of nitrogens with zero attached hydrogens (tertiary/aromatic N) is 2. The lowest BCUT2D eigenvalue weighted by Crippen LogP contribution is -2.47. The van der Waals surface area contributed by atoms with E-state index in [1.807, 2.05) is 53.4 Å². The fourth-order valence-corrected chi connectivity index (χ4v) is 5.30. The molecule has 0 N–H and O–H groups in total. The van der Waals surface area contributed by atoms with E-state index in [4.69, 9.17) is 4.99 Å². The number of carbonyl (C=O) groups excluding carboxylic acids is 2. The molecule has 1 heterocycles. The van der Waals surface area contributed by atoms with Gasteiger partial charge in [-0.05, 0) is 48.1 Å². The van der Waals surface area contributed by atoms with Gasteiger partial charge >= 0.3 is 0 Å². The van der Waals surface area contributed by atoms with Gasteiger partial charge in [-0.2, -0.15) is 0 Å². The van der Waals surface area contributed by atoms with Gasteiger partial charge in [0.25, 0.3) is 0 Å². The van der Waals surface area contributed by atoms with Gasteiger partial charge < -0.3 is 4.90 Å². The molecule has 0 saturated heterocycles. The highest BCUT2D eigenvalue weighted by molar-refractivity contribution is 9.10. The number of unbranched alkanes of at least 4 members (excludes halogenated alkanes) is 1. The van der Waals surface area contributed by atoms with Crippen LogP contribution in [0.2, 0.25) is 0 Å². The number of rotatable bonds is 4. The van der Waals surface area contributed by atoms with Crippen LogP contribution in [0.3, 0.4) is 0 Å². The normalized spacial score (nSPS) is 22.3. The zero-order chi connectivity index (χ0) is 22.2. The van der Waals surface area contributed by atoms with E-state index in [9.17, 15) is 9.59 Å². The number of para-hydroxylation sites is 2. The third-order valence-electron chi connectivity index (χ3n) is 6.22. The predicted molar refractivity (Wildman–Crippen MR) is 129 cm³/mol. The Hall–Kier alpha value is -2.27. The Kier molecular flexibility index (Phi) is 6.16. The van der Waals surface area contributed by atoms with Gasteiger partial charge in [0.2, 0.25) is 5.91 Å². The first-order valence-corrected chi connectivity index (χ1v) is 11.9. The molecule has 2 aliphatic rings.